The van der Waals surface area contributed by atoms with Crippen LogP contribution in [0.1, 0.15) is 23.4 Å². The number of amides is 1. The predicted molar refractivity (Wildman–Crippen MR) is 79.8 cm³/mol. The Labute approximate surface area is 122 Å². The summed E-state index contributed by atoms with van der Waals surface area (Å²) in [7, 11) is 0. The number of benzene rings is 1. The second-order valence-corrected chi connectivity index (χ2v) is 4.80. The van der Waals surface area contributed by atoms with E-state index >= 15 is 0 Å². The molecule has 0 aliphatic carbocycles. The van der Waals surface area contributed by atoms with Crippen LogP contribution in [0.25, 0.3) is 11.3 Å². The van der Waals surface area contributed by atoms with Crippen molar-refractivity contribution in [3.63, 3.8) is 0 Å². The van der Waals surface area contributed by atoms with Crippen molar-refractivity contribution < 1.29 is 9.21 Å². The van der Waals surface area contributed by atoms with Gasteiger partial charge in [0.05, 0.1) is 5.02 Å². The molecule has 106 valence electrons. The first-order valence-electron chi connectivity index (χ1n) is 6.55. The summed E-state index contributed by atoms with van der Waals surface area (Å²) < 4.78 is 5.55. The quantitative estimate of drug-likeness (QED) is 0.804. The normalized spacial score (nSPS) is 10.5. The Kier molecular flexibility index (Phi) is 5.21. The fourth-order valence-corrected chi connectivity index (χ4v) is 2.05. The maximum Gasteiger partial charge on any atom is 0.287 e. The van der Waals surface area contributed by atoms with Gasteiger partial charge < -0.3 is 15.5 Å². The maximum atomic E-state index is 11.9. The van der Waals surface area contributed by atoms with Crippen LogP contribution in [0.15, 0.2) is 40.8 Å². The summed E-state index contributed by atoms with van der Waals surface area (Å²) in [6.45, 7) is 1.23. The highest BCUT2D eigenvalue weighted by Gasteiger charge is 2.13. The largest absolute Gasteiger partial charge is 0.451 e. The molecule has 0 unspecified atom stereocenters. The van der Waals surface area contributed by atoms with Gasteiger partial charge in [0.1, 0.15) is 5.76 Å². The molecule has 4 nitrogen and oxygen atoms in total. The van der Waals surface area contributed by atoms with Gasteiger partial charge >= 0.3 is 0 Å². The highest BCUT2D eigenvalue weighted by Crippen LogP contribution is 2.28. The molecular formula is C15H17ClN2O2. The molecule has 0 saturated heterocycles. The number of unbranched alkanes of at least 4 members (excludes halogenated alkanes) is 1. The number of nitrogens with two attached hydrogens (primary N) is 1. The van der Waals surface area contributed by atoms with E-state index in [-0.39, 0.29) is 11.7 Å². The number of halogens is 1. The second kappa shape index (κ2) is 7.12. The molecule has 0 radical (unpaired) electrons. The number of rotatable bonds is 6. The molecule has 0 bridgehead atoms. The van der Waals surface area contributed by atoms with E-state index in [1.54, 1.807) is 18.2 Å². The van der Waals surface area contributed by atoms with Crippen molar-refractivity contribution in [2.45, 2.75) is 12.8 Å². The number of nitrogens with one attached hydrogen (secondary N) is 1. The molecule has 1 aromatic heterocycles. The van der Waals surface area contributed by atoms with Crippen molar-refractivity contribution in [1.82, 2.24) is 5.32 Å². The molecule has 1 aromatic carbocycles. The lowest BCUT2D eigenvalue weighted by Crippen LogP contribution is -2.24. The van der Waals surface area contributed by atoms with Crippen molar-refractivity contribution in [2.24, 2.45) is 5.73 Å². The van der Waals surface area contributed by atoms with Gasteiger partial charge in [0, 0.05) is 12.1 Å². The van der Waals surface area contributed by atoms with Crippen LogP contribution in [0, 0.1) is 0 Å². The van der Waals surface area contributed by atoms with E-state index in [4.69, 9.17) is 21.8 Å². The Bertz CT molecular complexity index is 581. The lowest BCUT2D eigenvalue weighted by atomic mass is 10.2. The highest BCUT2D eigenvalue weighted by atomic mass is 35.5. The minimum atomic E-state index is -0.222. The lowest BCUT2D eigenvalue weighted by Gasteiger charge is -2.02. The first-order chi connectivity index (χ1) is 9.72. The molecule has 1 amide bonds. The van der Waals surface area contributed by atoms with Gasteiger partial charge in [-0.3, -0.25) is 4.79 Å². The summed E-state index contributed by atoms with van der Waals surface area (Å²) in [6.07, 6.45) is 1.75. The maximum absolute atomic E-state index is 11.9. The molecule has 5 heteroatoms. The molecular weight excluding hydrogens is 276 g/mol. The van der Waals surface area contributed by atoms with Gasteiger partial charge in [0.15, 0.2) is 5.76 Å². The molecule has 0 saturated carbocycles. The molecule has 0 aliphatic heterocycles. The minimum absolute atomic E-state index is 0.222. The Hall–Kier alpha value is -1.78. The van der Waals surface area contributed by atoms with Crippen LogP contribution in [-0.4, -0.2) is 19.0 Å². The molecule has 2 aromatic rings. The van der Waals surface area contributed by atoms with Gasteiger partial charge in [-0.15, -0.1) is 0 Å². The number of carbonyl (C=O) groups excluding carboxylic acids is 1. The van der Waals surface area contributed by atoms with Crippen LogP contribution < -0.4 is 11.1 Å². The van der Waals surface area contributed by atoms with Crippen molar-refractivity contribution in [3.05, 3.63) is 47.2 Å². The highest BCUT2D eigenvalue weighted by molar-refractivity contribution is 6.33. The zero-order chi connectivity index (χ0) is 14.4. The van der Waals surface area contributed by atoms with E-state index in [0.29, 0.717) is 23.9 Å². The van der Waals surface area contributed by atoms with Crippen LogP contribution in [0.5, 0.6) is 0 Å². The minimum Gasteiger partial charge on any atom is -0.451 e. The monoisotopic (exact) mass is 292 g/mol. The third-order valence-electron chi connectivity index (χ3n) is 2.89. The molecule has 20 heavy (non-hydrogen) atoms. The van der Waals surface area contributed by atoms with Crippen LogP contribution >= 0.6 is 11.6 Å². The standard InChI is InChI=1S/C15H17ClN2O2/c16-12-6-2-1-5-11(12)13-7-8-14(20-13)15(19)18-10-4-3-9-17/h1-2,5-8H,3-4,9-10,17H2,(H,18,19). The summed E-state index contributed by atoms with van der Waals surface area (Å²) in [5.74, 6) is 0.649. The van der Waals surface area contributed by atoms with Crippen LogP contribution in [0.2, 0.25) is 5.02 Å². The van der Waals surface area contributed by atoms with Crippen molar-refractivity contribution in [3.8, 4) is 11.3 Å². The third kappa shape index (κ3) is 3.62. The Morgan fingerprint density at radius 2 is 2.00 bits per heavy atom. The van der Waals surface area contributed by atoms with Crippen molar-refractivity contribution >= 4 is 17.5 Å². The molecule has 1 heterocycles. The summed E-state index contributed by atoms with van der Waals surface area (Å²) in [6, 6.07) is 10.7. The zero-order valence-corrected chi connectivity index (χ0v) is 11.8. The average Bonchev–Trinajstić information content (AvgIpc) is 2.93. The van der Waals surface area contributed by atoms with Gasteiger partial charge in [0.2, 0.25) is 0 Å². The van der Waals surface area contributed by atoms with E-state index < -0.39 is 0 Å². The summed E-state index contributed by atoms with van der Waals surface area (Å²) in [4.78, 5) is 11.9. The summed E-state index contributed by atoms with van der Waals surface area (Å²) in [5, 5.41) is 3.39. The van der Waals surface area contributed by atoms with Crippen LogP contribution in [0.3, 0.4) is 0 Å². The summed E-state index contributed by atoms with van der Waals surface area (Å²) in [5.41, 5.74) is 6.17. The Morgan fingerprint density at radius 1 is 1.20 bits per heavy atom. The zero-order valence-electron chi connectivity index (χ0n) is 11.1. The van der Waals surface area contributed by atoms with E-state index in [1.165, 1.54) is 0 Å². The van der Waals surface area contributed by atoms with Gasteiger partial charge in [-0.2, -0.15) is 0 Å². The molecule has 0 spiro atoms. The van der Waals surface area contributed by atoms with E-state index in [0.717, 1.165) is 18.4 Å². The molecule has 0 fully saturated rings. The number of furan rings is 1. The van der Waals surface area contributed by atoms with Gasteiger partial charge in [-0.1, -0.05) is 23.7 Å². The van der Waals surface area contributed by atoms with Crippen molar-refractivity contribution in [1.29, 1.82) is 0 Å². The van der Waals surface area contributed by atoms with E-state index in [9.17, 15) is 4.79 Å². The fourth-order valence-electron chi connectivity index (χ4n) is 1.82. The average molecular weight is 293 g/mol. The van der Waals surface area contributed by atoms with Crippen LogP contribution in [0.4, 0.5) is 0 Å². The van der Waals surface area contributed by atoms with Gasteiger partial charge in [0.25, 0.3) is 5.91 Å². The third-order valence-corrected chi connectivity index (χ3v) is 3.22. The number of hydrogen-bond acceptors (Lipinski definition) is 3. The fraction of sp³-hybridized carbons (Fsp3) is 0.267. The molecule has 0 aliphatic rings. The Balaban J connectivity index is 2.02. The van der Waals surface area contributed by atoms with Gasteiger partial charge in [-0.05, 0) is 43.7 Å². The predicted octanol–water partition coefficient (Wildman–Crippen LogP) is 3.07. The first-order valence-corrected chi connectivity index (χ1v) is 6.93. The SMILES string of the molecule is NCCCCNC(=O)c1ccc(-c2ccccc2Cl)o1. The lowest BCUT2D eigenvalue weighted by molar-refractivity contribution is 0.0926. The number of hydrogen-bond donors (Lipinski definition) is 2. The van der Waals surface area contributed by atoms with Crippen molar-refractivity contribution in [2.75, 3.05) is 13.1 Å². The number of carbonyl (C=O) groups is 1. The second-order valence-electron chi connectivity index (χ2n) is 4.40. The van der Waals surface area contributed by atoms with E-state index in [2.05, 4.69) is 5.32 Å². The molecule has 3 N–H and O–H groups in total. The van der Waals surface area contributed by atoms with E-state index in [1.807, 2.05) is 18.2 Å². The Morgan fingerprint density at radius 3 is 2.75 bits per heavy atom. The topological polar surface area (TPSA) is 68.3 Å². The molecule has 2 rings (SSSR count). The molecule has 0 atom stereocenters. The summed E-state index contributed by atoms with van der Waals surface area (Å²) >= 11 is 6.09. The van der Waals surface area contributed by atoms with Gasteiger partial charge in [-0.25, -0.2) is 0 Å². The first kappa shape index (κ1) is 14.6. The smallest absolute Gasteiger partial charge is 0.287 e. The van der Waals surface area contributed by atoms with Crippen LogP contribution in [-0.2, 0) is 0 Å².